The van der Waals surface area contributed by atoms with Crippen molar-refractivity contribution in [3.63, 3.8) is 0 Å². The van der Waals surface area contributed by atoms with E-state index in [1.165, 1.54) is 11.8 Å². The molecule has 38 heavy (non-hydrogen) atoms. The van der Waals surface area contributed by atoms with Gasteiger partial charge in [-0.3, -0.25) is 4.79 Å². The number of alkyl halides is 3. The Labute approximate surface area is 220 Å². The number of amides is 1. The second kappa shape index (κ2) is 12.3. The molecule has 1 saturated heterocycles. The number of carbonyl (C=O) groups excluding carboxylic acids is 1. The Morgan fingerprint density at radius 1 is 0.816 bits per heavy atom. The second-order valence-electron chi connectivity index (χ2n) is 8.11. The first-order valence-corrected chi connectivity index (χ1v) is 11.6. The molecular formula is C26H23ClF3N3O5. The van der Waals surface area contributed by atoms with Gasteiger partial charge < -0.3 is 25.3 Å². The molecule has 0 bridgehead atoms. The largest absolute Gasteiger partial charge is 0.490 e. The standard InChI is InChI=1S/C24H22ClN3O3.C2HF3O2/c25-18-6-4-5-17(15-18)23(29)26-19-9-10-22(21(16-19)24(30)31)28-13-11-27(12-14-28)20-7-2-1-3-8-20;3-2(4,5)1(6)7/h1-10,15-16H,11-14H2,(H,26,29)(H,30,31);(H,6,7). The zero-order chi connectivity index (χ0) is 27.9. The summed E-state index contributed by atoms with van der Waals surface area (Å²) in [5, 5.41) is 20.1. The van der Waals surface area contributed by atoms with Gasteiger partial charge in [-0.1, -0.05) is 35.9 Å². The van der Waals surface area contributed by atoms with Crippen LogP contribution in [0, 0.1) is 0 Å². The van der Waals surface area contributed by atoms with Gasteiger partial charge in [0.25, 0.3) is 5.91 Å². The van der Waals surface area contributed by atoms with Crippen molar-refractivity contribution in [3.05, 3.63) is 88.9 Å². The van der Waals surface area contributed by atoms with E-state index in [-0.39, 0.29) is 11.5 Å². The van der Waals surface area contributed by atoms with Crippen LogP contribution in [0.4, 0.5) is 30.2 Å². The number of nitrogens with one attached hydrogen (secondary N) is 1. The van der Waals surface area contributed by atoms with Crippen LogP contribution in [0.15, 0.2) is 72.8 Å². The number of nitrogens with zero attached hydrogens (tertiary/aromatic N) is 2. The third-order valence-corrected chi connectivity index (χ3v) is 5.79. The van der Waals surface area contributed by atoms with Crippen LogP contribution >= 0.6 is 11.6 Å². The van der Waals surface area contributed by atoms with E-state index in [9.17, 15) is 27.9 Å². The average Bonchev–Trinajstić information content (AvgIpc) is 2.89. The zero-order valence-electron chi connectivity index (χ0n) is 19.8. The molecule has 0 radical (unpaired) electrons. The van der Waals surface area contributed by atoms with Crippen molar-refractivity contribution in [1.29, 1.82) is 0 Å². The number of benzene rings is 3. The minimum atomic E-state index is -5.08. The van der Waals surface area contributed by atoms with E-state index in [0.717, 1.165) is 13.1 Å². The normalized spacial score (nSPS) is 13.3. The van der Waals surface area contributed by atoms with Crippen LogP contribution < -0.4 is 15.1 Å². The molecule has 3 aromatic rings. The molecule has 200 valence electrons. The second-order valence-corrected chi connectivity index (χ2v) is 8.55. The van der Waals surface area contributed by atoms with Gasteiger partial charge in [0, 0.05) is 48.1 Å². The van der Waals surface area contributed by atoms with E-state index in [1.807, 2.05) is 18.2 Å². The van der Waals surface area contributed by atoms with E-state index in [2.05, 4.69) is 27.2 Å². The first-order chi connectivity index (χ1) is 18.0. The molecule has 3 N–H and O–H groups in total. The van der Waals surface area contributed by atoms with Crippen molar-refractivity contribution in [3.8, 4) is 0 Å². The van der Waals surface area contributed by atoms with Crippen molar-refractivity contribution in [2.45, 2.75) is 6.18 Å². The summed E-state index contributed by atoms with van der Waals surface area (Å²) in [6.45, 7) is 3.03. The van der Waals surface area contributed by atoms with Crippen LogP contribution in [0.5, 0.6) is 0 Å². The molecule has 0 spiro atoms. The molecule has 8 nitrogen and oxygen atoms in total. The molecule has 0 saturated carbocycles. The van der Waals surface area contributed by atoms with Gasteiger partial charge >= 0.3 is 18.1 Å². The maximum Gasteiger partial charge on any atom is 0.490 e. The Morgan fingerprint density at radius 2 is 1.42 bits per heavy atom. The van der Waals surface area contributed by atoms with Crippen LogP contribution in [-0.4, -0.2) is 60.4 Å². The summed E-state index contributed by atoms with van der Waals surface area (Å²) in [4.78, 5) is 37.7. The average molecular weight is 550 g/mol. The molecule has 3 aromatic carbocycles. The summed E-state index contributed by atoms with van der Waals surface area (Å²) in [5.41, 5.74) is 2.82. The lowest BCUT2D eigenvalue weighted by Gasteiger charge is -2.38. The Bertz CT molecular complexity index is 1300. The first-order valence-electron chi connectivity index (χ1n) is 11.2. The number of aliphatic carboxylic acids is 1. The van der Waals surface area contributed by atoms with E-state index in [4.69, 9.17) is 21.5 Å². The van der Waals surface area contributed by atoms with Crippen LogP contribution in [0.1, 0.15) is 20.7 Å². The fraction of sp³-hybridized carbons (Fsp3) is 0.192. The number of piperazine rings is 1. The molecule has 0 aromatic heterocycles. The third kappa shape index (κ3) is 7.62. The van der Waals surface area contributed by atoms with Gasteiger partial charge in [-0.2, -0.15) is 13.2 Å². The van der Waals surface area contributed by atoms with Gasteiger partial charge in [0.15, 0.2) is 0 Å². The number of rotatable bonds is 5. The van der Waals surface area contributed by atoms with Crippen LogP contribution in [0.25, 0.3) is 0 Å². The minimum absolute atomic E-state index is 0.164. The van der Waals surface area contributed by atoms with E-state index < -0.39 is 18.1 Å². The fourth-order valence-electron chi connectivity index (χ4n) is 3.74. The monoisotopic (exact) mass is 549 g/mol. The van der Waals surface area contributed by atoms with E-state index in [1.54, 1.807) is 36.4 Å². The van der Waals surface area contributed by atoms with Crippen molar-refractivity contribution >= 4 is 46.5 Å². The lowest BCUT2D eigenvalue weighted by molar-refractivity contribution is -0.192. The summed E-state index contributed by atoms with van der Waals surface area (Å²) in [7, 11) is 0. The number of halogens is 4. The maximum absolute atomic E-state index is 12.5. The first kappa shape index (κ1) is 28.3. The number of carbonyl (C=O) groups is 3. The molecule has 1 heterocycles. The Morgan fingerprint density at radius 3 is 1.97 bits per heavy atom. The van der Waals surface area contributed by atoms with Crippen LogP contribution in [0.2, 0.25) is 5.02 Å². The highest BCUT2D eigenvalue weighted by atomic mass is 35.5. The fourth-order valence-corrected chi connectivity index (χ4v) is 3.93. The number of para-hydroxylation sites is 1. The molecule has 1 aliphatic rings. The zero-order valence-corrected chi connectivity index (χ0v) is 20.5. The van der Waals surface area contributed by atoms with Gasteiger partial charge in [0.2, 0.25) is 0 Å². The molecule has 12 heteroatoms. The smallest absolute Gasteiger partial charge is 0.478 e. The topological polar surface area (TPSA) is 110 Å². The number of carboxylic acids is 2. The summed E-state index contributed by atoms with van der Waals surface area (Å²) in [5.74, 6) is -4.13. The lowest BCUT2D eigenvalue weighted by Crippen LogP contribution is -2.47. The summed E-state index contributed by atoms with van der Waals surface area (Å²) >= 11 is 5.95. The highest BCUT2D eigenvalue weighted by molar-refractivity contribution is 6.31. The molecular weight excluding hydrogens is 527 g/mol. The van der Waals surface area contributed by atoms with Crippen LogP contribution in [0.3, 0.4) is 0 Å². The van der Waals surface area contributed by atoms with Crippen molar-refractivity contribution < 1.29 is 37.8 Å². The third-order valence-electron chi connectivity index (χ3n) is 5.56. The number of anilines is 3. The van der Waals surface area contributed by atoms with Gasteiger partial charge in [0.1, 0.15) is 0 Å². The van der Waals surface area contributed by atoms with Crippen LogP contribution in [-0.2, 0) is 4.79 Å². The van der Waals surface area contributed by atoms with Gasteiger partial charge in [-0.15, -0.1) is 0 Å². The molecule has 4 rings (SSSR count). The van der Waals surface area contributed by atoms with E-state index in [0.29, 0.717) is 35.1 Å². The quantitative estimate of drug-likeness (QED) is 0.399. The minimum Gasteiger partial charge on any atom is -0.478 e. The molecule has 1 fully saturated rings. The number of hydrogen-bond donors (Lipinski definition) is 3. The Hall–Kier alpha value is -4.25. The number of hydrogen-bond acceptors (Lipinski definition) is 5. The summed E-state index contributed by atoms with van der Waals surface area (Å²) < 4.78 is 31.7. The predicted molar refractivity (Wildman–Crippen MR) is 137 cm³/mol. The highest BCUT2D eigenvalue weighted by Crippen LogP contribution is 2.27. The molecule has 0 aliphatic carbocycles. The number of aromatic carboxylic acids is 1. The van der Waals surface area contributed by atoms with Crippen molar-refractivity contribution in [2.75, 3.05) is 41.3 Å². The SMILES string of the molecule is O=C(Nc1ccc(N2CCN(c3ccccc3)CC2)c(C(=O)O)c1)c1cccc(Cl)c1.O=C(O)C(F)(F)F. The molecule has 0 unspecified atom stereocenters. The number of carboxylic acid groups (broad SMARTS) is 2. The molecule has 1 amide bonds. The highest BCUT2D eigenvalue weighted by Gasteiger charge is 2.38. The Balaban J connectivity index is 0.000000505. The molecule has 0 atom stereocenters. The Kier molecular flexibility index (Phi) is 9.19. The van der Waals surface area contributed by atoms with Gasteiger partial charge in [-0.25, -0.2) is 9.59 Å². The van der Waals surface area contributed by atoms with Gasteiger partial charge in [-0.05, 0) is 48.5 Å². The summed E-state index contributed by atoms with van der Waals surface area (Å²) in [6, 6.07) is 21.8. The predicted octanol–water partition coefficient (Wildman–Crippen LogP) is 5.25. The van der Waals surface area contributed by atoms with E-state index >= 15 is 0 Å². The van der Waals surface area contributed by atoms with Gasteiger partial charge in [0.05, 0.1) is 11.3 Å². The lowest BCUT2D eigenvalue weighted by atomic mass is 10.1. The molecule has 1 aliphatic heterocycles. The summed E-state index contributed by atoms with van der Waals surface area (Å²) in [6.07, 6.45) is -5.08. The maximum atomic E-state index is 12.5. The van der Waals surface area contributed by atoms with Crippen molar-refractivity contribution in [1.82, 2.24) is 0 Å². The van der Waals surface area contributed by atoms with Crippen molar-refractivity contribution in [2.24, 2.45) is 0 Å².